The highest BCUT2D eigenvalue weighted by molar-refractivity contribution is 9.10. The van der Waals surface area contributed by atoms with E-state index in [1.54, 1.807) is 0 Å². The van der Waals surface area contributed by atoms with E-state index in [0.717, 1.165) is 6.07 Å². The summed E-state index contributed by atoms with van der Waals surface area (Å²) in [7, 11) is -3.85. The molecule has 1 aromatic carbocycles. The second-order valence-electron chi connectivity index (χ2n) is 4.52. The van der Waals surface area contributed by atoms with E-state index in [0.29, 0.717) is 12.8 Å². The van der Waals surface area contributed by atoms with Crippen LogP contribution in [0, 0.1) is 0 Å². The molecule has 1 aromatic rings. The van der Waals surface area contributed by atoms with E-state index in [-0.39, 0.29) is 26.0 Å². The van der Waals surface area contributed by atoms with Crippen LogP contribution in [-0.4, -0.2) is 36.7 Å². The third-order valence-corrected chi connectivity index (χ3v) is 5.74. The molecule has 2 rings (SSSR count). The van der Waals surface area contributed by atoms with E-state index < -0.39 is 22.1 Å². The number of hydrogen-bond donors (Lipinski definition) is 3. The van der Waals surface area contributed by atoms with Crippen molar-refractivity contribution in [3.8, 4) is 0 Å². The second-order valence-corrected chi connectivity index (χ2v) is 7.46. The molecule has 0 spiro atoms. The second kappa shape index (κ2) is 5.61. The Labute approximate surface area is 128 Å². The molecule has 1 aliphatic carbocycles. The lowest BCUT2D eigenvalue weighted by molar-refractivity contribution is 0.0695. The van der Waals surface area contributed by atoms with Gasteiger partial charge in [-0.25, -0.2) is 17.9 Å². The number of carboxylic acids is 1. The Morgan fingerprint density at radius 2 is 2.00 bits per heavy atom. The van der Waals surface area contributed by atoms with Crippen LogP contribution in [0.5, 0.6) is 0 Å². The summed E-state index contributed by atoms with van der Waals surface area (Å²) in [6.45, 7) is 0. The number of aliphatic hydroxyl groups excluding tert-OH is 1. The van der Waals surface area contributed by atoms with Gasteiger partial charge in [0.15, 0.2) is 0 Å². The lowest BCUT2D eigenvalue weighted by Crippen LogP contribution is -2.46. The van der Waals surface area contributed by atoms with E-state index in [1.807, 2.05) is 0 Å². The summed E-state index contributed by atoms with van der Waals surface area (Å²) in [5.41, 5.74) is -0.296. The molecule has 20 heavy (non-hydrogen) atoms. The van der Waals surface area contributed by atoms with E-state index in [2.05, 4.69) is 20.7 Å². The van der Waals surface area contributed by atoms with Crippen molar-refractivity contribution in [1.82, 2.24) is 4.72 Å². The molecular weight excluding hydrogens is 374 g/mol. The average molecular weight is 385 g/mol. The first kappa shape index (κ1) is 15.7. The van der Waals surface area contributed by atoms with Crippen LogP contribution in [0.15, 0.2) is 21.5 Å². The highest BCUT2D eigenvalue weighted by Gasteiger charge is 2.32. The first-order valence-electron chi connectivity index (χ1n) is 5.63. The maximum Gasteiger partial charge on any atom is 0.337 e. The fourth-order valence-electron chi connectivity index (χ4n) is 1.85. The summed E-state index contributed by atoms with van der Waals surface area (Å²) < 4.78 is 26.9. The lowest BCUT2D eigenvalue weighted by Gasteiger charge is -2.31. The Bertz CT molecular complexity index is 657. The van der Waals surface area contributed by atoms with Gasteiger partial charge < -0.3 is 10.2 Å². The zero-order valence-corrected chi connectivity index (χ0v) is 13.2. The van der Waals surface area contributed by atoms with Crippen molar-refractivity contribution in [3.05, 3.63) is 27.2 Å². The lowest BCUT2D eigenvalue weighted by atomic mass is 9.91. The number of aromatic carboxylic acids is 1. The molecule has 0 aliphatic heterocycles. The number of carboxylic acid groups (broad SMARTS) is 1. The van der Waals surface area contributed by atoms with Gasteiger partial charge in [-0.3, -0.25) is 0 Å². The van der Waals surface area contributed by atoms with E-state index >= 15 is 0 Å². The van der Waals surface area contributed by atoms with Crippen molar-refractivity contribution in [2.75, 3.05) is 0 Å². The summed E-state index contributed by atoms with van der Waals surface area (Å²) in [5.74, 6) is -1.31. The summed E-state index contributed by atoms with van der Waals surface area (Å²) in [6, 6.07) is 1.91. The van der Waals surface area contributed by atoms with Crippen molar-refractivity contribution < 1.29 is 23.4 Å². The van der Waals surface area contributed by atoms with Crippen molar-refractivity contribution in [2.24, 2.45) is 0 Å². The maximum absolute atomic E-state index is 12.1. The zero-order chi connectivity index (χ0) is 15.1. The molecule has 1 aliphatic rings. The number of halogens is 2. The number of hydrogen-bond acceptors (Lipinski definition) is 4. The fraction of sp³-hybridized carbons (Fsp3) is 0.364. The van der Waals surface area contributed by atoms with Gasteiger partial charge in [-0.1, -0.05) is 11.6 Å². The Morgan fingerprint density at radius 3 is 2.50 bits per heavy atom. The molecule has 0 amide bonds. The highest BCUT2D eigenvalue weighted by atomic mass is 79.9. The van der Waals surface area contributed by atoms with Gasteiger partial charge in [0.25, 0.3) is 0 Å². The molecule has 0 aromatic heterocycles. The number of rotatable bonds is 4. The third kappa shape index (κ3) is 3.15. The van der Waals surface area contributed by atoms with Gasteiger partial charge in [-0.15, -0.1) is 0 Å². The van der Waals surface area contributed by atoms with Gasteiger partial charge in [0.1, 0.15) is 0 Å². The van der Waals surface area contributed by atoms with Crippen LogP contribution in [0.3, 0.4) is 0 Å². The van der Waals surface area contributed by atoms with E-state index in [4.69, 9.17) is 21.8 Å². The fourth-order valence-corrected chi connectivity index (χ4v) is 3.96. The van der Waals surface area contributed by atoms with Crippen LogP contribution >= 0.6 is 27.5 Å². The molecule has 1 fully saturated rings. The van der Waals surface area contributed by atoms with Crippen LogP contribution in [0.4, 0.5) is 0 Å². The average Bonchev–Trinajstić information content (AvgIpc) is 2.29. The van der Waals surface area contributed by atoms with Crippen LogP contribution < -0.4 is 4.72 Å². The van der Waals surface area contributed by atoms with Gasteiger partial charge in [-0.2, -0.15) is 0 Å². The molecule has 0 bridgehead atoms. The highest BCUT2D eigenvalue weighted by Crippen LogP contribution is 2.30. The molecule has 6 nitrogen and oxygen atoms in total. The molecule has 0 saturated heterocycles. The van der Waals surface area contributed by atoms with Crippen molar-refractivity contribution >= 4 is 43.5 Å². The SMILES string of the molecule is O=C(O)c1cc(S(=O)(=O)NC2CC(O)C2)cc(Br)c1Cl. The minimum absolute atomic E-state index is 0.0597. The number of benzene rings is 1. The minimum Gasteiger partial charge on any atom is -0.478 e. The number of nitrogens with one attached hydrogen (secondary N) is 1. The van der Waals surface area contributed by atoms with Gasteiger partial charge in [0.2, 0.25) is 10.0 Å². The number of carbonyl (C=O) groups is 1. The smallest absolute Gasteiger partial charge is 0.337 e. The summed E-state index contributed by atoms with van der Waals surface area (Å²) in [6.07, 6.45) is 0.203. The minimum atomic E-state index is -3.85. The van der Waals surface area contributed by atoms with Crippen molar-refractivity contribution in [1.29, 1.82) is 0 Å². The Balaban J connectivity index is 2.34. The van der Waals surface area contributed by atoms with E-state index in [9.17, 15) is 13.2 Å². The standard InChI is InChI=1S/C11H11BrClNO5S/c12-9-4-7(3-8(10(9)13)11(16)17)20(18,19)14-5-1-6(15)2-5/h3-6,14-15H,1-2H2,(H,16,17). The third-order valence-electron chi connectivity index (χ3n) is 2.98. The molecule has 9 heteroatoms. The van der Waals surface area contributed by atoms with Gasteiger partial charge in [0, 0.05) is 10.5 Å². The van der Waals surface area contributed by atoms with Crippen LogP contribution in [0.2, 0.25) is 5.02 Å². The van der Waals surface area contributed by atoms with Crippen LogP contribution in [-0.2, 0) is 10.0 Å². The van der Waals surface area contributed by atoms with Gasteiger partial charge in [0.05, 0.1) is 21.6 Å². The van der Waals surface area contributed by atoms with Gasteiger partial charge >= 0.3 is 5.97 Å². The molecule has 3 N–H and O–H groups in total. The molecule has 0 radical (unpaired) electrons. The first-order valence-corrected chi connectivity index (χ1v) is 8.29. The first-order chi connectivity index (χ1) is 9.20. The molecular formula is C11H11BrClNO5S. The molecule has 1 saturated carbocycles. The van der Waals surface area contributed by atoms with Crippen molar-refractivity contribution in [2.45, 2.75) is 29.9 Å². The summed E-state index contributed by atoms with van der Waals surface area (Å²) in [4.78, 5) is 10.8. The monoisotopic (exact) mass is 383 g/mol. The summed E-state index contributed by atoms with van der Waals surface area (Å²) >= 11 is 8.83. The predicted octanol–water partition coefficient (Wildman–Crippen LogP) is 1.60. The number of aliphatic hydroxyl groups is 1. The van der Waals surface area contributed by atoms with Crippen molar-refractivity contribution in [3.63, 3.8) is 0 Å². The molecule has 110 valence electrons. The molecule has 0 atom stereocenters. The predicted molar refractivity (Wildman–Crippen MR) is 75.5 cm³/mol. The van der Waals surface area contributed by atoms with Crippen LogP contribution in [0.1, 0.15) is 23.2 Å². The normalized spacial score (nSPS) is 22.4. The quantitative estimate of drug-likeness (QED) is 0.731. The van der Waals surface area contributed by atoms with Gasteiger partial charge in [-0.05, 0) is 40.9 Å². The number of sulfonamides is 1. The Morgan fingerprint density at radius 1 is 1.40 bits per heavy atom. The largest absolute Gasteiger partial charge is 0.478 e. The molecule has 0 heterocycles. The maximum atomic E-state index is 12.1. The zero-order valence-electron chi connectivity index (χ0n) is 10.0. The molecule has 0 unspecified atom stereocenters. The van der Waals surface area contributed by atoms with Crippen LogP contribution in [0.25, 0.3) is 0 Å². The summed E-state index contributed by atoms with van der Waals surface area (Å²) in [5, 5.41) is 18.1. The van der Waals surface area contributed by atoms with E-state index in [1.165, 1.54) is 6.07 Å². The topological polar surface area (TPSA) is 104 Å². The Kier molecular flexibility index (Phi) is 4.41. The Hall–Kier alpha value is -0.670.